The van der Waals surface area contributed by atoms with Gasteiger partial charge in [0.15, 0.2) is 11.7 Å². The minimum absolute atomic E-state index is 0. The van der Waals surface area contributed by atoms with Crippen molar-refractivity contribution in [2.24, 2.45) is 4.99 Å². The Morgan fingerprint density at radius 2 is 2.21 bits per heavy atom. The van der Waals surface area contributed by atoms with Crippen LogP contribution >= 0.6 is 47.1 Å². The Bertz CT molecular complexity index is 536. The number of nitrogens with zero attached hydrogens (tertiary/aromatic N) is 2. The maximum absolute atomic E-state index is 12.5. The number of hydrogen-bond donors (Lipinski definition) is 2. The van der Waals surface area contributed by atoms with Crippen molar-refractivity contribution in [3.8, 4) is 0 Å². The minimum Gasteiger partial charge on any atom is -0.356 e. The average molecular weight is 494 g/mol. The molecule has 0 spiro atoms. The number of thiazole rings is 1. The first-order valence-electron chi connectivity index (χ1n) is 7.44. The summed E-state index contributed by atoms with van der Waals surface area (Å²) < 4.78 is 37.5. The average Bonchev–Trinajstić information content (AvgIpc) is 3.14. The number of hydrogen-bond acceptors (Lipinski definition) is 4. The van der Waals surface area contributed by atoms with Crippen molar-refractivity contribution in [3.05, 3.63) is 16.1 Å². The molecule has 2 unspecified atom stereocenters. The summed E-state index contributed by atoms with van der Waals surface area (Å²) in [4.78, 5) is 7.79. The molecule has 138 valence electrons. The Balaban J connectivity index is 0.00000288. The summed E-state index contributed by atoms with van der Waals surface area (Å²) in [6, 6.07) is 0.412. The molecule has 24 heavy (non-hydrogen) atoms. The van der Waals surface area contributed by atoms with Crippen molar-refractivity contribution in [2.75, 3.05) is 19.8 Å². The van der Waals surface area contributed by atoms with E-state index in [1.165, 1.54) is 6.42 Å². The molecule has 0 radical (unpaired) electrons. The van der Waals surface area contributed by atoms with Crippen LogP contribution in [0.25, 0.3) is 0 Å². The summed E-state index contributed by atoms with van der Waals surface area (Å²) in [5.41, 5.74) is -0.811. The van der Waals surface area contributed by atoms with Crippen molar-refractivity contribution < 1.29 is 13.2 Å². The van der Waals surface area contributed by atoms with E-state index in [0.29, 0.717) is 35.2 Å². The first kappa shape index (κ1) is 21.8. The molecule has 0 saturated heterocycles. The van der Waals surface area contributed by atoms with Gasteiger partial charge in [0, 0.05) is 36.7 Å². The van der Waals surface area contributed by atoms with Crippen molar-refractivity contribution >= 4 is 53.0 Å². The lowest BCUT2D eigenvalue weighted by molar-refractivity contribution is -0.140. The Morgan fingerprint density at radius 3 is 2.75 bits per heavy atom. The normalized spacial score (nSPS) is 21.5. The standard InChI is InChI=1S/C14H21F3N4S2.HI/c1-18-13(20-9-3-4-10(7-9)22-2)19-6-5-12-21-11(8-23-12)14(15,16)17;/h8-10H,3-7H2,1-2H3,(H2,18,19,20);1H. The van der Waals surface area contributed by atoms with E-state index in [9.17, 15) is 13.2 Å². The molecule has 0 bridgehead atoms. The smallest absolute Gasteiger partial charge is 0.356 e. The molecule has 10 heteroatoms. The first-order chi connectivity index (χ1) is 10.9. The molecule has 1 aromatic rings. The quantitative estimate of drug-likeness (QED) is 0.372. The molecule has 0 amide bonds. The van der Waals surface area contributed by atoms with E-state index in [1.807, 2.05) is 11.8 Å². The third-order valence-corrected chi connectivity index (χ3v) is 5.76. The second kappa shape index (κ2) is 10.0. The third kappa shape index (κ3) is 6.58. The van der Waals surface area contributed by atoms with Crippen LogP contribution in [0, 0.1) is 0 Å². The molecule has 2 atom stereocenters. The van der Waals surface area contributed by atoms with Crippen LogP contribution in [0.5, 0.6) is 0 Å². The molecular formula is C14H22F3IN4S2. The van der Waals surface area contributed by atoms with Crippen LogP contribution < -0.4 is 10.6 Å². The fourth-order valence-corrected chi connectivity index (χ4v) is 4.12. The molecule has 1 aromatic heterocycles. The Morgan fingerprint density at radius 1 is 1.46 bits per heavy atom. The van der Waals surface area contributed by atoms with Gasteiger partial charge in [0.25, 0.3) is 0 Å². The number of nitrogens with one attached hydrogen (secondary N) is 2. The predicted octanol–water partition coefficient (Wildman–Crippen LogP) is 3.77. The van der Waals surface area contributed by atoms with Gasteiger partial charge >= 0.3 is 6.18 Å². The predicted molar refractivity (Wildman–Crippen MR) is 106 cm³/mol. The summed E-state index contributed by atoms with van der Waals surface area (Å²) in [5.74, 6) is 0.698. The van der Waals surface area contributed by atoms with E-state index in [-0.39, 0.29) is 24.0 Å². The van der Waals surface area contributed by atoms with Crippen molar-refractivity contribution in [1.29, 1.82) is 0 Å². The maximum Gasteiger partial charge on any atom is 0.434 e. The van der Waals surface area contributed by atoms with Crippen LogP contribution in [-0.4, -0.2) is 42.1 Å². The summed E-state index contributed by atoms with van der Waals surface area (Å²) in [6.07, 6.45) is 1.64. The van der Waals surface area contributed by atoms with Gasteiger partial charge in [-0.05, 0) is 25.5 Å². The van der Waals surface area contributed by atoms with E-state index < -0.39 is 11.9 Å². The van der Waals surface area contributed by atoms with Gasteiger partial charge in [-0.25, -0.2) is 4.98 Å². The van der Waals surface area contributed by atoms with Gasteiger partial charge in [-0.3, -0.25) is 4.99 Å². The maximum atomic E-state index is 12.5. The summed E-state index contributed by atoms with van der Waals surface area (Å²) in [6.45, 7) is 0.503. The lowest BCUT2D eigenvalue weighted by Gasteiger charge is -2.17. The number of halogens is 4. The van der Waals surface area contributed by atoms with Gasteiger partial charge < -0.3 is 10.6 Å². The van der Waals surface area contributed by atoms with Gasteiger partial charge in [-0.2, -0.15) is 24.9 Å². The zero-order chi connectivity index (χ0) is 16.9. The fraction of sp³-hybridized carbons (Fsp3) is 0.714. The van der Waals surface area contributed by atoms with E-state index in [0.717, 1.165) is 29.6 Å². The Hall–Kier alpha value is -0.230. The summed E-state index contributed by atoms with van der Waals surface area (Å²) in [7, 11) is 1.70. The summed E-state index contributed by atoms with van der Waals surface area (Å²) in [5, 5.41) is 8.75. The van der Waals surface area contributed by atoms with Crippen LogP contribution in [0.2, 0.25) is 0 Å². The zero-order valence-corrected chi connectivity index (χ0v) is 17.5. The van der Waals surface area contributed by atoms with E-state index in [1.54, 1.807) is 7.05 Å². The lowest BCUT2D eigenvalue weighted by atomic mass is 10.2. The number of alkyl halides is 3. The Kier molecular flexibility index (Phi) is 9.13. The molecule has 4 nitrogen and oxygen atoms in total. The second-order valence-corrected chi connectivity index (χ2v) is 7.47. The van der Waals surface area contributed by atoms with Crippen LogP contribution in [0.15, 0.2) is 10.4 Å². The lowest BCUT2D eigenvalue weighted by Crippen LogP contribution is -2.43. The molecule has 1 saturated carbocycles. The second-order valence-electron chi connectivity index (χ2n) is 5.39. The number of aliphatic imine (C=N–C) groups is 1. The van der Waals surface area contributed by atoms with Crippen LogP contribution in [-0.2, 0) is 12.6 Å². The molecular weight excluding hydrogens is 472 g/mol. The van der Waals surface area contributed by atoms with E-state index in [4.69, 9.17) is 0 Å². The molecule has 0 aromatic carbocycles. The van der Waals surface area contributed by atoms with Crippen LogP contribution in [0.3, 0.4) is 0 Å². The van der Waals surface area contributed by atoms with Gasteiger partial charge in [-0.15, -0.1) is 35.3 Å². The largest absolute Gasteiger partial charge is 0.434 e. The van der Waals surface area contributed by atoms with Gasteiger partial charge in [0.2, 0.25) is 0 Å². The van der Waals surface area contributed by atoms with Crippen molar-refractivity contribution in [1.82, 2.24) is 15.6 Å². The molecule has 0 aliphatic heterocycles. The molecule has 1 aliphatic rings. The highest BCUT2D eigenvalue weighted by molar-refractivity contribution is 14.0. The number of aromatic nitrogens is 1. The molecule has 1 aliphatic carbocycles. The highest BCUT2D eigenvalue weighted by Gasteiger charge is 2.33. The number of guanidine groups is 1. The van der Waals surface area contributed by atoms with Crippen molar-refractivity contribution in [2.45, 2.75) is 43.2 Å². The first-order valence-corrected chi connectivity index (χ1v) is 9.60. The molecule has 1 heterocycles. The topological polar surface area (TPSA) is 49.3 Å². The summed E-state index contributed by atoms with van der Waals surface area (Å²) >= 11 is 2.93. The van der Waals surface area contributed by atoms with E-state index >= 15 is 0 Å². The number of rotatable bonds is 5. The van der Waals surface area contributed by atoms with Crippen molar-refractivity contribution in [3.63, 3.8) is 0 Å². The van der Waals surface area contributed by atoms with Crippen LogP contribution in [0.4, 0.5) is 13.2 Å². The monoisotopic (exact) mass is 494 g/mol. The van der Waals surface area contributed by atoms with Gasteiger partial charge in [-0.1, -0.05) is 0 Å². The number of thioether (sulfide) groups is 1. The Labute approximate surface area is 165 Å². The highest BCUT2D eigenvalue weighted by atomic mass is 127. The molecule has 2 N–H and O–H groups in total. The SMILES string of the molecule is CN=C(NCCc1nc(C(F)(F)F)cs1)NC1CCC(SC)C1.I. The van der Waals surface area contributed by atoms with Gasteiger partial charge in [0.1, 0.15) is 0 Å². The van der Waals surface area contributed by atoms with Gasteiger partial charge in [0.05, 0.1) is 5.01 Å². The fourth-order valence-electron chi connectivity index (χ4n) is 2.52. The van der Waals surface area contributed by atoms with Crippen LogP contribution in [0.1, 0.15) is 30.0 Å². The third-order valence-electron chi connectivity index (χ3n) is 3.76. The molecule has 2 rings (SSSR count). The minimum atomic E-state index is -4.37. The van der Waals surface area contributed by atoms with E-state index in [2.05, 4.69) is 26.9 Å². The molecule has 1 fully saturated rings. The zero-order valence-electron chi connectivity index (χ0n) is 13.5. The highest BCUT2D eigenvalue weighted by Crippen LogP contribution is 2.30.